The maximum absolute atomic E-state index is 12.8. The summed E-state index contributed by atoms with van der Waals surface area (Å²) in [5.74, 6) is 1.37. The van der Waals surface area contributed by atoms with Crippen LogP contribution in [0.1, 0.15) is 70.4 Å². The Bertz CT molecular complexity index is 983. The number of carbonyl (C=O) groups is 2. The molecule has 4 saturated carbocycles. The quantitative estimate of drug-likeness (QED) is 0.514. The molecule has 154 valence electrons. The summed E-state index contributed by atoms with van der Waals surface area (Å²) in [6.45, 7) is 4.02. The fraction of sp³-hybridized carbons (Fsp3) is 0.385. The number of esters is 1. The number of rotatable bonds is 5. The van der Waals surface area contributed by atoms with Crippen LogP contribution in [0.4, 0.5) is 0 Å². The molecule has 2 aromatic carbocycles. The Morgan fingerprint density at radius 2 is 1.50 bits per heavy atom. The molecule has 6 rings (SSSR count). The zero-order valence-electron chi connectivity index (χ0n) is 17.0. The molecule has 4 aliphatic rings. The highest BCUT2D eigenvalue weighted by molar-refractivity contribution is 5.92. The van der Waals surface area contributed by atoms with Crippen molar-refractivity contribution in [1.29, 1.82) is 0 Å². The van der Waals surface area contributed by atoms with Gasteiger partial charge in [0.15, 0.2) is 0 Å². The van der Waals surface area contributed by atoms with Gasteiger partial charge < -0.3 is 9.84 Å². The van der Waals surface area contributed by atoms with Gasteiger partial charge in [0.2, 0.25) is 0 Å². The molecule has 0 spiro atoms. The number of ether oxygens (including phenoxy) is 1. The van der Waals surface area contributed by atoms with Crippen molar-refractivity contribution < 1.29 is 19.4 Å². The number of hydrogen-bond acceptors (Lipinski definition) is 3. The fourth-order valence-corrected chi connectivity index (χ4v) is 6.59. The van der Waals surface area contributed by atoms with E-state index < -0.39 is 11.9 Å². The van der Waals surface area contributed by atoms with Crippen molar-refractivity contribution in [1.82, 2.24) is 0 Å². The number of carbonyl (C=O) groups excluding carboxylic acids is 1. The molecule has 0 heterocycles. The molecule has 0 amide bonds. The normalized spacial score (nSPS) is 28.9. The molecule has 4 bridgehead atoms. The van der Waals surface area contributed by atoms with E-state index >= 15 is 0 Å². The molecule has 4 aliphatic carbocycles. The third kappa shape index (κ3) is 3.24. The fourth-order valence-electron chi connectivity index (χ4n) is 6.59. The molecule has 1 N–H and O–H groups in total. The molecule has 0 aliphatic heterocycles. The van der Waals surface area contributed by atoms with Crippen LogP contribution in [0.25, 0.3) is 6.08 Å². The SMILES string of the molecule is C=Cc1ccc(C(=O)Oc2ccc(C(=O)O)cc2)cc1C12CC3CC(CC(C3)C1)C2. The van der Waals surface area contributed by atoms with Crippen molar-refractivity contribution in [2.75, 3.05) is 0 Å². The molecule has 0 saturated heterocycles. The molecule has 2 aromatic rings. The predicted molar refractivity (Wildman–Crippen MR) is 115 cm³/mol. The summed E-state index contributed by atoms with van der Waals surface area (Å²) in [6.07, 6.45) is 9.68. The van der Waals surface area contributed by atoms with Gasteiger partial charge in [0.05, 0.1) is 11.1 Å². The van der Waals surface area contributed by atoms with E-state index in [0.717, 1.165) is 23.3 Å². The summed E-state index contributed by atoms with van der Waals surface area (Å²) in [5.41, 5.74) is 3.24. The first-order chi connectivity index (χ1) is 14.5. The van der Waals surface area contributed by atoms with Gasteiger partial charge in [-0.3, -0.25) is 0 Å². The Balaban J connectivity index is 1.44. The number of carboxylic acids is 1. The Morgan fingerprint density at radius 1 is 0.933 bits per heavy atom. The molecule has 4 heteroatoms. The van der Waals surface area contributed by atoms with E-state index in [4.69, 9.17) is 9.84 Å². The van der Waals surface area contributed by atoms with E-state index in [1.54, 1.807) is 6.07 Å². The monoisotopic (exact) mass is 402 g/mol. The first-order valence-corrected chi connectivity index (χ1v) is 10.8. The van der Waals surface area contributed by atoms with Crippen LogP contribution in [0.2, 0.25) is 0 Å². The number of benzene rings is 2. The molecule has 4 nitrogen and oxygen atoms in total. The Labute approximate surface area is 176 Å². The topological polar surface area (TPSA) is 63.6 Å². The molecule has 0 unspecified atom stereocenters. The zero-order valence-corrected chi connectivity index (χ0v) is 17.0. The molecular formula is C26H26O4. The first-order valence-electron chi connectivity index (χ1n) is 10.8. The number of carboxylic acid groups (broad SMARTS) is 1. The summed E-state index contributed by atoms with van der Waals surface area (Å²) in [4.78, 5) is 23.8. The van der Waals surface area contributed by atoms with Crippen LogP contribution in [0, 0.1) is 17.8 Å². The maximum atomic E-state index is 12.8. The Hall–Kier alpha value is -2.88. The van der Waals surface area contributed by atoms with E-state index in [1.807, 2.05) is 18.2 Å². The van der Waals surface area contributed by atoms with Gasteiger partial charge in [0, 0.05) is 0 Å². The lowest BCUT2D eigenvalue weighted by Gasteiger charge is -2.57. The molecule has 0 atom stereocenters. The van der Waals surface area contributed by atoms with Crippen molar-refractivity contribution >= 4 is 18.0 Å². The highest BCUT2D eigenvalue weighted by Gasteiger charge is 2.52. The standard InChI is InChI=1S/C26H26O4/c1-2-19-3-4-21(25(29)30-22-7-5-20(6-8-22)24(27)28)12-23(19)26-13-16-9-17(14-26)11-18(10-16)15-26/h2-8,12,16-18H,1,9-11,13-15H2,(H,27,28). The van der Waals surface area contributed by atoms with Crippen molar-refractivity contribution in [2.45, 2.75) is 43.9 Å². The lowest BCUT2D eigenvalue weighted by molar-refractivity contribution is -0.00530. The summed E-state index contributed by atoms with van der Waals surface area (Å²) in [7, 11) is 0. The molecular weight excluding hydrogens is 376 g/mol. The van der Waals surface area contributed by atoms with Gasteiger partial charge in [-0.1, -0.05) is 18.7 Å². The van der Waals surface area contributed by atoms with Gasteiger partial charge >= 0.3 is 11.9 Å². The summed E-state index contributed by atoms with van der Waals surface area (Å²) < 4.78 is 5.52. The Morgan fingerprint density at radius 3 is 2.03 bits per heavy atom. The molecule has 30 heavy (non-hydrogen) atoms. The second-order valence-corrected chi connectivity index (χ2v) is 9.42. The first kappa shape index (κ1) is 19.1. The van der Waals surface area contributed by atoms with Crippen LogP contribution >= 0.6 is 0 Å². The minimum absolute atomic E-state index is 0.161. The highest BCUT2D eigenvalue weighted by atomic mass is 16.5. The van der Waals surface area contributed by atoms with Crippen LogP contribution in [-0.4, -0.2) is 17.0 Å². The van der Waals surface area contributed by atoms with Crippen molar-refractivity contribution in [2.24, 2.45) is 17.8 Å². The average Bonchev–Trinajstić information content (AvgIpc) is 2.72. The second kappa shape index (κ2) is 7.12. The van der Waals surface area contributed by atoms with Gasteiger partial charge in [-0.05, 0) is 109 Å². The number of hydrogen-bond donors (Lipinski definition) is 1. The largest absolute Gasteiger partial charge is 0.478 e. The number of aromatic carboxylic acids is 1. The van der Waals surface area contributed by atoms with Crippen LogP contribution in [0.3, 0.4) is 0 Å². The molecule has 0 aromatic heterocycles. The van der Waals surface area contributed by atoms with Crippen molar-refractivity contribution in [3.63, 3.8) is 0 Å². The lowest BCUT2D eigenvalue weighted by Crippen LogP contribution is -2.48. The summed E-state index contributed by atoms with van der Waals surface area (Å²) in [6, 6.07) is 11.7. The van der Waals surface area contributed by atoms with E-state index in [1.165, 1.54) is 68.4 Å². The average molecular weight is 402 g/mol. The summed E-state index contributed by atoms with van der Waals surface area (Å²) in [5, 5.41) is 9.02. The molecule has 4 fully saturated rings. The summed E-state index contributed by atoms with van der Waals surface area (Å²) >= 11 is 0. The van der Waals surface area contributed by atoms with Crippen LogP contribution < -0.4 is 4.74 Å². The van der Waals surface area contributed by atoms with Crippen LogP contribution in [0.5, 0.6) is 5.75 Å². The lowest BCUT2D eigenvalue weighted by atomic mass is 9.47. The zero-order chi connectivity index (χ0) is 20.9. The van der Waals surface area contributed by atoms with Gasteiger partial charge in [-0.25, -0.2) is 9.59 Å². The van der Waals surface area contributed by atoms with Gasteiger partial charge in [-0.2, -0.15) is 0 Å². The smallest absolute Gasteiger partial charge is 0.343 e. The van der Waals surface area contributed by atoms with Crippen molar-refractivity contribution in [3.8, 4) is 5.75 Å². The van der Waals surface area contributed by atoms with Crippen LogP contribution in [-0.2, 0) is 5.41 Å². The third-order valence-electron chi connectivity index (χ3n) is 7.43. The van der Waals surface area contributed by atoms with E-state index in [2.05, 4.69) is 6.58 Å². The minimum Gasteiger partial charge on any atom is -0.478 e. The van der Waals surface area contributed by atoms with E-state index in [-0.39, 0.29) is 11.0 Å². The van der Waals surface area contributed by atoms with E-state index in [0.29, 0.717) is 11.3 Å². The third-order valence-corrected chi connectivity index (χ3v) is 7.43. The highest BCUT2D eigenvalue weighted by Crippen LogP contribution is 2.61. The molecule has 0 radical (unpaired) electrons. The van der Waals surface area contributed by atoms with E-state index in [9.17, 15) is 9.59 Å². The maximum Gasteiger partial charge on any atom is 0.343 e. The minimum atomic E-state index is -1.01. The van der Waals surface area contributed by atoms with Crippen molar-refractivity contribution in [3.05, 3.63) is 71.3 Å². The van der Waals surface area contributed by atoms with Gasteiger partial charge in [0.1, 0.15) is 5.75 Å². The van der Waals surface area contributed by atoms with Gasteiger partial charge in [-0.15, -0.1) is 0 Å². The second-order valence-electron chi connectivity index (χ2n) is 9.42. The Kier molecular flexibility index (Phi) is 4.53. The van der Waals surface area contributed by atoms with Crippen LogP contribution in [0.15, 0.2) is 49.0 Å². The predicted octanol–water partition coefficient (Wildman–Crippen LogP) is 5.71. The van der Waals surface area contributed by atoms with Gasteiger partial charge in [0.25, 0.3) is 0 Å².